The van der Waals surface area contributed by atoms with E-state index in [4.69, 9.17) is 5.26 Å². The standard InChI is InChI=1S/C18H21N5/c1-3-12(2)20-18-22-16(14-7-8-14)10-17(23-18)21-15-6-4-5-13(9-15)11-19/h4-6,9-10,12,14H,3,7-8H2,1-2H3,(H2,20,21,22,23)/t12-/m0/s1. The first-order valence-corrected chi connectivity index (χ1v) is 8.10. The van der Waals surface area contributed by atoms with Crippen molar-refractivity contribution in [2.75, 3.05) is 10.6 Å². The average molecular weight is 307 g/mol. The van der Waals surface area contributed by atoms with Crippen LogP contribution in [0, 0.1) is 11.3 Å². The minimum Gasteiger partial charge on any atom is -0.352 e. The van der Waals surface area contributed by atoms with Gasteiger partial charge in [0.1, 0.15) is 5.82 Å². The Bertz CT molecular complexity index is 730. The van der Waals surface area contributed by atoms with Gasteiger partial charge < -0.3 is 10.6 Å². The Morgan fingerprint density at radius 2 is 2.13 bits per heavy atom. The molecule has 0 spiro atoms. The van der Waals surface area contributed by atoms with Crippen LogP contribution >= 0.6 is 0 Å². The van der Waals surface area contributed by atoms with E-state index in [9.17, 15) is 0 Å². The summed E-state index contributed by atoms with van der Waals surface area (Å²) in [6, 6.07) is 11.9. The highest BCUT2D eigenvalue weighted by Crippen LogP contribution is 2.40. The van der Waals surface area contributed by atoms with Crippen LogP contribution in [0.25, 0.3) is 0 Å². The van der Waals surface area contributed by atoms with Crippen LogP contribution in [0.5, 0.6) is 0 Å². The summed E-state index contributed by atoms with van der Waals surface area (Å²) in [5, 5.41) is 15.7. The molecule has 0 unspecified atom stereocenters. The van der Waals surface area contributed by atoms with Crippen LogP contribution in [-0.4, -0.2) is 16.0 Å². The Hall–Kier alpha value is -2.61. The predicted octanol–water partition coefficient (Wildman–Crippen LogP) is 4.18. The Morgan fingerprint density at radius 3 is 2.83 bits per heavy atom. The third kappa shape index (κ3) is 3.98. The second kappa shape index (κ2) is 6.66. The fraction of sp³-hybridized carbons (Fsp3) is 0.389. The molecule has 23 heavy (non-hydrogen) atoms. The molecular formula is C18H21N5. The van der Waals surface area contributed by atoms with Crippen LogP contribution in [0.2, 0.25) is 0 Å². The van der Waals surface area contributed by atoms with Gasteiger partial charge in [-0.05, 0) is 44.4 Å². The lowest BCUT2D eigenvalue weighted by Gasteiger charge is -2.14. The van der Waals surface area contributed by atoms with E-state index in [1.54, 1.807) is 6.07 Å². The molecule has 1 atom stereocenters. The first-order chi connectivity index (χ1) is 11.2. The minimum atomic E-state index is 0.333. The lowest BCUT2D eigenvalue weighted by atomic mass is 10.2. The molecule has 3 rings (SSSR count). The number of nitrogens with zero attached hydrogens (tertiary/aromatic N) is 3. The van der Waals surface area contributed by atoms with Crippen molar-refractivity contribution >= 4 is 17.5 Å². The van der Waals surface area contributed by atoms with Crippen molar-refractivity contribution in [2.45, 2.75) is 45.1 Å². The molecule has 5 nitrogen and oxygen atoms in total. The number of nitriles is 1. The minimum absolute atomic E-state index is 0.333. The third-order valence-corrected chi connectivity index (χ3v) is 3.99. The van der Waals surface area contributed by atoms with Crippen molar-refractivity contribution in [3.8, 4) is 6.07 Å². The second-order valence-corrected chi connectivity index (χ2v) is 6.05. The molecule has 118 valence electrons. The number of nitrogens with one attached hydrogen (secondary N) is 2. The summed E-state index contributed by atoms with van der Waals surface area (Å²) in [6.45, 7) is 4.26. The summed E-state index contributed by atoms with van der Waals surface area (Å²) in [6.07, 6.45) is 3.41. The molecule has 2 N–H and O–H groups in total. The van der Waals surface area contributed by atoms with Crippen LogP contribution in [0.15, 0.2) is 30.3 Å². The number of benzene rings is 1. The lowest BCUT2D eigenvalue weighted by molar-refractivity contribution is 0.750. The van der Waals surface area contributed by atoms with E-state index in [0.29, 0.717) is 23.5 Å². The molecule has 1 fully saturated rings. The molecular weight excluding hydrogens is 286 g/mol. The molecule has 1 aliphatic rings. The van der Waals surface area contributed by atoms with Crippen molar-refractivity contribution in [1.82, 2.24) is 9.97 Å². The largest absolute Gasteiger partial charge is 0.352 e. The maximum atomic E-state index is 9.01. The van der Waals surface area contributed by atoms with E-state index in [-0.39, 0.29) is 0 Å². The molecule has 0 radical (unpaired) electrons. The van der Waals surface area contributed by atoms with Crippen molar-refractivity contribution in [2.24, 2.45) is 0 Å². The average Bonchev–Trinajstić information content (AvgIpc) is 3.39. The fourth-order valence-corrected chi connectivity index (χ4v) is 2.32. The van der Waals surface area contributed by atoms with E-state index in [1.807, 2.05) is 24.3 Å². The summed E-state index contributed by atoms with van der Waals surface area (Å²) >= 11 is 0. The summed E-state index contributed by atoms with van der Waals surface area (Å²) in [5.74, 6) is 1.99. The SMILES string of the molecule is CC[C@H](C)Nc1nc(Nc2cccc(C#N)c2)cc(C2CC2)n1. The molecule has 1 aliphatic carbocycles. The highest BCUT2D eigenvalue weighted by molar-refractivity contribution is 5.60. The summed E-state index contributed by atoms with van der Waals surface area (Å²) in [5.41, 5.74) is 2.58. The second-order valence-electron chi connectivity index (χ2n) is 6.05. The molecule has 1 heterocycles. The summed E-state index contributed by atoms with van der Waals surface area (Å²) in [7, 11) is 0. The molecule has 1 aromatic heterocycles. The van der Waals surface area contributed by atoms with Gasteiger partial charge in [0, 0.05) is 23.7 Å². The van der Waals surface area contributed by atoms with E-state index < -0.39 is 0 Å². The van der Waals surface area contributed by atoms with Crippen molar-refractivity contribution in [3.63, 3.8) is 0 Å². The lowest BCUT2D eigenvalue weighted by Crippen LogP contribution is -2.16. The third-order valence-electron chi connectivity index (χ3n) is 3.99. The van der Waals surface area contributed by atoms with Crippen molar-refractivity contribution in [1.29, 1.82) is 5.26 Å². The van der Waals surface area contributed by atoms with Crippen molar-refractivity contribution in [3.05, 3.63) is 41.6 Å². The fourth-order valence-electron chi connectivity index (χ4n) is 2.32. The summed E-state index contributed by atoms with van der Waals surface area (Å²) < 4.78 is 0. The Kier molecular flexibility index (Phi) is 4.42. The molecule has 1 saturated carbocycles. The maximum Gasteiger partial charge on any atom is 0.225 e. The molecule has 2 aromatic rings. The van der Waals surface area contributed by atoms with Crippen LogP contribution in [-0.2, 0) is 0 Å². The van der Waals surface area contributed by atoms with Crippen molar-refractivity contribution < 1.29 is 0 Å². The highest BCUT2D eigenvalue weighted by Gasteiger charge is 2.26. The zero-order chi connectivity index (χ0) is 16.2. The van der Waals surface area contributed by atoms with E-state index >= 15 is 0 Å². The summed E-state index contributed by atoms with van der Waals surface area (Å²) in [4.78, 5) is 9.21. The van der Waals surface area contributed by atoms with Gasteiger partial charge in [0.25, 0.3) is 0 Å². The van der Waals surface area contributed by atoms with Gasteiger partial charge in [-0.2, -0.15) is 10.2 Å². The van der Waals surface area contributed by atoms with E-state index in [0.717, 1.165) is 23.6 Å². The van der Waals surface area contributed by atoms with Gasteiger partial charge in [-0.15, -0.1) is 0 Å². The molecule has 0 aliphatic heterocycles. The predicted molar refractivity (Wildman–Crippen MR) is 91.8 cm³/mol. The molecule has 0 saturated heterocycles. The van der Waals surface area contributed by atoms with Gasteiger partial charge in [-0.3, -0.25) is 0 Å². The Balaban J connectivity index is 1.86. The van der Waals surface area contributed by atoms with Gasteiger partial charge in [-0.25, -0.2) is 4.98 Å². The maximum absolute atomic E-state index is 9.01. The first-order valence-electron chi connectivity index (χ1n) is 8.10. The Labute approximate surface area is 136 Å². The quantitative estimate of drug-likeness (QED) is 0.837. The normalized spacial score (nSPS) is 14.8. The zero-order valence-corrected chi connectivity index (χ0v) is 13.5. The number of anilines is 3. The van der Waals surface area contributed by atoms with Crippen LogP contribution < -0.4 is 10.6 Å². The van der Waals surface area contributed by atoms with E-state index in [2.05, 4.69) is 40.5 Å². The molecule has 0 bridgehead atoms. The van der Waals surface area contributed by atoms with Gasteiger partial charge >= 0.3 is 0 Å². The molecule has 0 amide bonds. The van der Waals surface area contributed by atoms with Crippen LogP contribution in [0.3, 0.4) is 0 Å². The van der Waals surface area contributed by atoms with Crippen LogP contribution in [0.4, 0.5) is 17.5 Å². The number of rotatable bonds is 6. The topological polar surface area (TPSA) is 73.6 Å². The van der Waals surface area contributed by atoms with E-state index in [1.165, 1.54) is 12.8 Å². The first kappa shape index (κ1) is 15.3. The molecule has 1 aromatic carbocycles. The highest BCUT2D eigenvalue weighted by atomic mass is 15.2. The molecule has 5 heteroatoms. The monoisotopic (exact) mass is 307 g/mol. The zero-order valence-electron chi connectivity index (χ0n) is 13.5. The smallest absolute Gasteiger partial charge is 0.225 e. The number of hydrogen-bond acceptors (Lipinski definition) is 5. The van der Waals surface area contributed by atoms with Gasteiger partial charge in [0.2, 0.25) is 5.95 Å². The number of aromatic nitrogens is 2. The number of hydrogen-bond donors (Lipinski definition) is 2. The van der Waals surface area contributed by atoms with Gasteiger partial charge in [-0.1, -0.05) is 13.0 Å². The van der Waals surface area contributed by atoms with Gasteiger partial charge in [0.05, 0.1) is 17.3 Å². The van der Waals surface area contributed by atoms with Gasteiger partial charge in [0.15, 0.2) is 0 Å². The van der Waals surface area contributed by atoms with Crippen LogP contribution in [0.1, 0.15) is 50.3 Å². The Morgan fingerprint density at radius 1 is 1.30 bits per heavy atom.